The lowest BCUT2D eigenvalue weighted by Gasteiger charge is -2.07. The van der Waals surface area contributed by atoms with E-state index in [1.807, 2.05) is 36.7 Å². The minimum absolute atomic E-state index is 0.291. The van der Waals surface area contributed by atoms with Crippen LogP contribution in [0.4, 0.5) is 11.8 Å². The summed E-state index contributed by atoms with van der Waals surface area (Å²) in [4.78, 5) is 13.6. The van der Waals surface area contributed by atoms with Gasteiger partial charge in [0, 0.05) is 18.4 Å². The van der Waals surface area contributed by atoms with Crippen LogP contribution < -0.4 is 11.1 Å². The number of aromatic nitrogens is 3. The van der Waals surface area contributed by atoms with Gasteiger partial charge in [-0.25, -0.2) is 4.98 Å². The van der Waals surface area contributed by atoms with Gasteiger partial charge < -0.3 is 11.1 Å². The number of hydrogen-bond acceptors (Lipinski definition) is 6. The van der Waals surface area contributed by atoms with E-state index in [1.54, 1.807) is 11.3 Å². The van der Waals surface area contributed by atoms with Crippen molar-refractivity contribution in [2.75, 3.05) is 11.1 Å². The number of nitrogens with two attached hydrogens (primary N) is 1. The highest BCUT2D eigenvalue weighted by Gasteiger charge is 2.06. The number of nitrogen functional groups attached to an aromatic ring is 1. The monoisotopic (exact) mass is 271 g/mol. The van der Waals surface area contributed by atoms with Crippen molar-refractivity contribution in [2.45, 2.75) is 13.5 Å². The van der Waals surface area contributed by atoms with Crippen LogP contribution in [0.2, 0.25) is 0 Å². The summed E-state index contributed by atoms with van der Waals surface area (Å²) in [7, 11) is 0. The quantitative estimate of drug-likeness (QED) is 0.765. The summed E-state index contributed by atoms with van der Waals surface area (Å²) in [5.41, 5.74) is 7.82. The van der Waals surface area contributed by atoms with E-state index in [9.17, 15) is 0 Å². The molecule has 0 unspecified atom stereocenters. The molecule has 5 nitrogen and oxygen atoms in total. The summed E-state index contributed by atoms with van der Waals surface area (Å²) in [6.45, 7) is 2.63. The third-order valence-corrected chi connectivity index (χ3v) is 3.58. The van der Waals surface area contributed by atoms with E-state index >= 15 is 0 Å². The zero-order chi connectivity index (χ0) is 13.2. The maximum Gasteiger partial charge on any atom is 0.223 e. The second-order valence-corrected chi connectivity index (χ2v) is 5.13. The molecule has 0 amide bonds. The van der Waals surface area contributed by atoms with Crippen molar-refractivity contribution in [1.29, 1.82) is 0 Å². The van der Waals surface area contributed by atoms with Crippen LogP contribution in [0.15, 0.2) is 29.8 Å². The third kappa shape index (κ3) is 2.48. The summed E-state index contributed by atoms with van der Waals surface area (Å²) in [6, 6.07) is 6.03. The van der Waals surface area contributed by atoms with Crippen molar-refractivity contribution < 1.29 is 0 Å². The highest BCUT2D eigenvalue weighted by molar-refractivity contribution is 7.16. The van der Waals surface area contributed by atoms with Crippen molar-refractivity contribution in [3.05, 3.63) is 41.0 Å². The Kier molecular flexibility index (Phi) is 3.00. The van der Waals surface area contributed by atoms with E-state index in [0.29, 0.717) is 12.5 Å². The minimum atomic E-state index is 0.291. The molecule has 0 aliphatic heterocycles. The molecular weight excluding hydrogens is 258 g/mol. The molecule has 0 bridgehead atoms. The molecule has 0 saturated carbocycles. The predicted octanol–water partition coefficient (Wildman–Crippen LogP) is 2.59. The Morgan fingerprint density at radius 1 is 1.26 bits per heavy atom. The molecule has 0 saturated heterocycles. The molecule has 0 atom stereocenters. The van der Waals surface area contributed by atoms with Crippen molar-refractivity contribution in [1.82, 2.24) is 15.0 Å². The molecule has 0 aromatic carbocycles. The summed E-state index contributed by atoms with van der Waals surface area (Å²) < 4.78 is 0. The van der Waals surface area contributed by atoms with Gasteiger partial charge in [-0.1, -0.05) is 6.07 Å². The normalized spacial score (nSPS) is 10.8. The Hall–Kier alpha value is -2.21. The number of fused-ring (bicyclic) bond motifs is 1. The number of nitrogens with zero attached hydrogens (tertiary/aromatic N) is 3. The standard InChI is InChI=1S/C13H13N5S/c1-8-2-3-9(6-15-8)7-16-11-10-4-5-19-12(10)18-13(14)17-11/h2-6H,7H2,1H3,(H3,14,16,17,18). The number of rotatable bonds is 3. The molecule has 3 aromatic rings. The molecule has 3 rings (SSSR count). The van der Waals surface area contributed by atoms with Crippen LogP contribution >= 0.6 is 11.3 Å². The Balaban J connectivity index is 1.85. The Labute approximate surface area is 114 Å². The maximum absolute atomic E-state index is 5.70. The Bertz CT molecular complexity index is 705. The first-order chi connectivity index (χ1) is 9.22. The van der Waals surface area contributed by atoms with Crippen LogP contribution in [0.1, 0.15) is 11.3 Å². The lowest BCUT2D eigenvalue weighted by Crippen LogP contribution is -2.05. The first kappa shape index (κ1) is 11.9. The molecule has 0 fully saturated rings. The van der Waals surface area contributed by atoms with Gasteiger partial charge in [0.25, 0.3) is 0 Å². The van der Waals surface area contributed by atoms with Crippen LogP contribution in [-0.4, -0.2) is 15.0 Å². The van der Waals surface area contributed by atoms with Gasteiger partial charge in [0.15, 0.2) is 0 Å². The second-order valence-electron chi connectivity index (χ2n) is 4.23. The first-order valence-corrected chi connectivity index (χ1v) is 6.76. The van der Waals surface area contributed by atoms with E-state index in [2.05, 4.69) is 20.3 Å². The lowest BCUT2D eigenvalue weighted by molar-refractivity contribution is 1.07. The van der Waals surface area contributed by atoms with Crippen molar-refractivity contribution in [3.8, 4) is 0 Å². The number of aryl methyl sites for hydroxylation is 1. The number of hydrogen-bond donors (Lipinski definition) is 2. The van der Waals surface area contributed by atoms with Crippen LogP contribution in [0.5, 0.6) is 0 Å². The lowest BCUT2D eigenvalue weighted by atomic mass is 10.2. The zero-order valence-corrected chi connectivity index (χ0v) is 11.2. The number of pyridine rings is 1. The molecule has 3 N–H and O–H groups in total. The summed E-state index contributed by atoms with van der Waals surface area (Å²) in [6.07, 6.45) is 1.86. The second kappa shape index (κ2) is 4.81. The highest BCUT2D eigenvalue weighted by atomic mass is 32.1. The maximum atomic E-state index is 5.70. The van der Waals surface area contributed by atoms with Crippen molar-refractivity contribution in [2.24, 2.45) is 0 Å². The third-order valence-electron chi connectivity index (χ3n) is 2.77. The largest absolute Gasteiger partial charge is 0.368 e. The van der Waals surface area contributed by atoms with Gasteiger partial charge in [-0.3, -0.25) is 4.98 Å². The molecule has 19 heavy (non-hydrogen) atoms. The van der Waals surface area contributed by atoms with Gasteiger partial charge in [-0.15, -0.1) is 11.3 Å². The molecule has 6 heteroatoms. The minimum Gasteiger partial charge on any atom is -0.368 e. The van der Waals surface area contributed by atoms with Crippen LogP contribution in [0.3, 0.4) is 0 Å². The van der Waals surface area contributed by atoms with Crippen LogP contribution in [0.25, 0.3) is 10.2 Å². The molecule has 3 aromatic heterocycles. The fraction of sp³-hybridized carbons (Fsp3) is 0.154. The van der Waals surface area contributed by atoms with E-state index in [4.69, 9.17) is 5.73 Å². The fourth-order valence-electron chi connectivity index (χ4n) is 1.80. The SMILES string of the molecule is Cc1ccc(CNc2nc(N)nc3sccc23)cn1. The van der Waals surface area contributed by atoms with E-state index in [-0.39, 0.29) is 0 Å². The van der Waals surface area contributed by atoms with Crippen molar-refractivity contribution in [3.63, 3.8) is 0 Å². The highest BCUT2D eigenvalue weighted by Crippen LogP contribution is 2.25. The topological polar surface area (TPSA) is 76.7 Å². The average molecular weight is 271 g/mol. The number of nitrogens with one attached hydrogen (secondary N) is 1. The average Bonchev–Trinajstić information content (AvgIpc) is 2.85. The van der Waals surface area contributed by atoms with Gasteiger partial charge >= 0.3 is 0 Å². The first-order valence-electron chi connectivity index (χ1n) is 5.88. The molecule has 0 aliphatic rings. The van der Waals surface area contributed by atoms with Gasteiger partial charge in [-0.2, -0.15) is 4.98 Å². The number of anilines is 2. The fourth-order valence-corrected chi connectivity index (χ4v) is 2.57. The smallest absolute Gasteiger partial charge is 0.223 e. The van der Waals surface area contributed by atoms with Crippen LogP contribution in [0, 0.1) is 6.92 Å². The predicted molar refractivity (Wildman–Crippen MR) is 78.1 cm³/mol. The molecular formula is C13H13N5S. The molecule has 0 radical (unpaired) electrons. The van der Waals surface area contributed by atoms with Gasteiger partial charge in [0.1, 0.15) is 10.6 Å². The number of thiophene rings is 1. The summed E-state index contributed by atoms with van der Waals surface area (Å²) >= 11 is 1.56. The Morgan fingerprint density at radius 3 is 2.95 bits per heavy atom. The molecule has 3 heterocycles. The van der Waals surface area contributed by atoms with Crippen molar-refractivity contribution >= 4 is 33.3 Å². The summed E-state index contributed by atoms with van der Waals surface area (Å²) in [5, 5.41) is 6.27. The molecule has 0 aliphatic carbocycles. The van der Waals surface area contributed by atoms with Gasteiger partial charge in [0.2, 0.25) is 5.95 Å². The van der Waals surface area contributed by atoms with Crippen LogP contribution in [-0.2, 0) is 6.54 Å². The van der Waals surface area contributed by atoms with Gasteiger partial charge in [-0.05, 0) is 30.0 Å². The molecule has 0 spiro atoms. The van der Waals surface area contributed by atoms with Gasteiger partial charge in [0.05, 0.1) is 5.39 Å². The van der Waals surface area contributed by atoms with E-state index in [1.165, 1.54) is 0 Å². The summed E-state index contributed by atoms with van der Waals surface area (Å²) in [5.74, 6) is 1.06. The Morgan fingerprint density at radius 2 is 2.16 bits per heavy atom. The zero-order valence-electron chi connectivity index (χ0n) is 10.4. The van der Waals surface area contributed by atoms with E-state index in [0.717, 1.165) is 27.3 Å². The molecule has 96 valence electrons. The van der Waals surface area contributed by atoms with E-state index < -0.39 is 0 Å².